The van der Waals surface area contributed by atoms with E-state index in [1.807, 2.05) is 0 Å². The van der Waals surface area contributed by atoms with Gasteiger partial charge in [0.1, 0.15) is 17.4 Å². The molecule has 8 heteroatoms. The molecular formula is C17H13BrN2O5. The summed E-state index contributed by atoms with van der Waals surface area (Å²) in [5.74, 6) is -2.69. The van der Waals surface area contributed by atoms with Crippen LogP contribution in [-0.4, -0.2) is 34.0 Å². The normalized spacial score (nSPS) is 17.0. The van der Waals surface area contributed by atoms with Crippen molar-refractivity contribution in [1.82, 2.24) is 0 Å². The molecule has 2 amide bonds. The molecule has 0 aromatic heterocycles. The van der Waals surface area contributed by atoms with Crippen molar-refractivity contribution in [2.24, 2.45) is 0 Å². The number of rotatable bonds is 4. The second-order valence-corrected chi connectivity index (χ2v) is 6.40. The molecule has 0 saturated carbocycles. The minimum Gasteiger partial charge on any atom is -0.507 e. The number of amides is 2. The van der Waals surface area contributed by atoms with Gasteiger partial charge in [-0.3, -0.25) is 9.59 Å². The van der Waals surface area contributed by atoms with Crippen LogP contribution in [0.4, 0.5) is 11.4 Å². The number of halogens is 1. The number of benzene rings is 2. The zero-order valence-electron chi connectivity index (χ0n) is 12.8. The Bertz CT molecular complexity index is 866. The summed E-state index contributed by atoms with van der Waals surface area (Å²) < 4.78 is 0.888. The van der Waals surface area contributed by atoms with Crippen molar-refractivity contribution < 1.29 is 24.6 Å². The fourth-order valence-electron chi connectivity index (χ4n) is 2.60. The molecule has 3 N–H and O–H groups in total. The highest BCUT2D eigenvalue weighted by molar-refractivity contribution is 9.10. The monoisotopic (exact) mass is 404 g/mol. The van der Waals surface area contributed by atoms with E-state index in [2.05, 4.69) is 21.2 Å². The highest BCUT2D eigenvalue weighted by atomic mass is 79.9. The summed E-state index contributed by atoms with van der Waals surface area (Å²) in [5, 5.41) is 21.6. The number of nitrogens with zero attached hydrogens (tertiary/aromatic N) is 1. The minimum atomic E-state index is -1.34. The maximum absolute atomic E-state index is 12.6. The van der Waals surface area contributed by atoms with Gasteiger partial charge in [0.05, 0.1) is 12.1 Å². The van der Waals surface area contributed by atoms with Crippen molar-refractivity contribution in [2.45, 2.75) is 12.5 Å². The van der Waals surface area contributed by atoms with Gasteiger partial charge in [0.15, 0.2) is 0 Å². The SMILES string of the molecule is O=C(O)c1cc(N2C(=O)CC(Nc3ccc(Br)cc3)C2=O)ccc1O. The molecule has 1 heterocycles. The molecule has 1 atom stereocenters. The van der Waals surface area contributed by atoms with Gasteiger partial charge < -0.3 is 15.5 Å². The third-order valence-corrected chi connectivity index (χ3v) is 4.33. The standard InChI is InChI=1S/C17H13BrN2O5/c18-9-1-3-10(4-2-9)19-13-8-15(22)20(16(13)23)11-5-6-14(21)12(7-11)17(24)25/h1-7,13,19,21H,8H2,(H,24,25). The molecule has 1 saturated heterocycles. The first-order chi connectivity index (χ1) is 11.9. The Hall–Kier alpha value is -2.87. The van der Waals surface area contributed by atoms with Crippen LogP contribution in [0.2, 0.25) is 0 Å². The fourth-order valence-corrected chi connectivity index (χ4v) is 2.86. The molecule has 0 radical (unpaired) electrons. The molecule has 0 spiro atoms. The summed E-state index contributed by atoms with van der Waals surface area (Å²) in [6.07, 6.45) is -0.0435. The Kier molecular flexibility index (Phi) is 4.45. The second kappa shape index (κ2) is 6.56. The van der Waals surface area contributed by atoms with E-state index < -0.39 is 29.6 Å². The number of carbonyl (C=O) groups excluding carboxylic acids is 2. The number of carboxylic acids is 1. The molecule has 2 aromatic rings. The molecule has 128 valence electrons. The lowest BCUT2D eigenvalue weighted by molar-refractivity contribution is -0.121. The van der Waals surface area contributed by atoms with E-state index in [-0.39, 0.29) is 17.7 Å². The highest BCUT2D eigenvalue weighted by Gasteiger charge is 2.39. The Morgan fingerprint density at radius 2 is 1.84 bits per heavy atom. The van der Waals surface area contributed by atoms with Gasteiger partial charge in [-0.1, -0.05) is 15.9 Å². The molecule has 0 aliphatic carbocycles. The number of hydrogen-bond donors (Lipinski definition) is 3. The van der Waals surface area contributed by atoms with Gasteiger partial charge in [-0.05, 0) is 42.5 Å². The van der Waals surface area contributed by atoms with Crippen molar-refractivity contribution in [2.75, 3.05) is 10.2 Å². The van der Waals surface area contributed by atoms with E-state index in [0.717, 1.165) is 21.5 Å². The summed E-state index contributed by atoms with van der Waals surface area (Å²) in [5.41, 5.74) is 0.431. The summed E-state index contributed by atoms with van der Waals surface area (Å²) in [4.78, 5) is 36.9. The maximum Gasteiger partial charge on any atom is 0.339 e. The van der Waals surface area contributed by atoms with Gasteiger partial charge in [-0.2, -0.15) is 0 Å². The van der Waals surface area contributed by atoms with Gasteiger partial charge in [0.25, 0.3) is 5.91 Å². The first-order valence-corrected chi connectivity index (χ1v) is 8.11. The van der Waals surface area contributed by atoms with E-state index in [1.54, 1.807) is 24.3 Å². The van der Waals surface area contributed by atoms with E-state index in [9.17, 15) is 19.5 Å². The van der Waals surface area contributed by atoms with E-state index in [1.165, 1.54) is 6.07 Å². The molecule has 2 aromatic carbocycles. The number of anilines is 2. The van der Waals surface area contributed by atoms with Crippen molar-refractivity contribution in [3.63, 3.8) is 0 Å². The molecule has 3 rings (SSSR count). The Morgan fingerprint density at radius 1 is 1.16 bits per heavy atom. The van der Waals surface area contributed by atoms with Crippen LogP contribution < -0.4 is 10.2 Å². The van der Waals surface area contributed by atoms with Crippen LogP contribution in [0.3, 0.4) is 0 Å². The minimum absolute atomic E-state index is 0.0435. The summed E-state index contributed by atoms with van der Waals surface area (Å²) in [6, 6.07) is 10.0. The van der Waals surface area contributed by atoms with Crippen LogP contribution in [0.15, 0.2) is 46.9 Å². The third-order valence-electron chi connectivity index (χ3n) is 3.80. The fraction of sp³-hybridized carbons (Fsp3) is 0.118. The van der Waals surface area contributed by atoms with Gasteiger partial charge in [0, 0.05) is 10.2 Å². The Labute approximate surface area is 151 Å². The molecule has 7 nitrogen and oxygen atoms in total. The number of hydrogen-bond acceptors (Lipinski definition) is 5. The van der Waals surface area contributed by atoms with Crippen molar-refractivity contribution in [3.05, 3.63) is 52.5 Å². The first kappa shape index (κ1) is 17.0. The van der Waals surface area contributed by atoms with Crippen LogP contribution in [0, 0.1) is 0 Å². The number of carboxylic acid groups (broad SMARTS) is 1. The lowest BCUT2D eigenvalue weighted by Gasteiger charge is -2.17. The quantitative estimate of drug-likeness (QED) is 0.676. The summed E-state index contributed by atoms with van der Waals surface area (Å²) >= 11 is 3.32. The van der Waals surface area contributed by atoms with E-state index in [4.69, 9.17) is 5.11 Å². The van der Waals surface area contributed by atoms with Crippen LogP contribution in [-0.2, 0) is 9.59 Å². The Balaban J connectivity index is 1.85. The van der Waals surface area contributed by atoms with Gasteiger partial charge >= 0.3 is 5.97 Å². The van der Waals surface area contributed by atoms with Crippen LogP contribution >= 0.6 is 15.9 Å². The number of aromatic carboxylic acids is 1. The number of aromatic hydroxyl groups is 1. The highest BCUT2D eigenvalue weighted by Crippen LogP contribution is 2.29. The second-order valence-electron chi connectivity index (χ2n) is 5.48. The third kappa shape index (κ3) is 3.34. The zero-order valence-corrected chi connectivity index (χ0v) is 14.4. The number of carbonyl (C=O) groups is 3. The molecule has 1 aliphatic rings. The number of nitrogens with one attached hydrogen (secondary N) is 1. The lowest BCUT2D eigenvalue weighted by Crippen LogP contribution is -2.34. The van der Waals surface area contributed by atoms with Crippen LogP contribution in [0.1, 0.15) is 16.8 Å². The lowest BCUT2D eigenvalue weighted by atomic mass is 10.1. The molecule has 1 aliphatic heterocycles. The maximum atomic E-state index is 12.6. The number of imide groups is 1. The molecular weight excluding hydrogens is 392 g/mol. The number of phenols is 1. The van der Waals surface area contributed by atoms with E-state index >= 15 is 0 Å². The Morgan fingerprint density at radius 3 is 2.48 bits per heavy atom. The average molecular weight is 405 g/mol. The van der Waals surface area contributed by atoms with Crippen molar-refractivity contribution in [1.29, 1.82) is 0 Å². The topological polar surface area (TPSA) is 107 Å². The van der Waals surface area contributed by atoms with E-state index in [0.29, 0.717) is 5.69 Å². The van der Waals surface area contributed by atoms with Gasteiger partial charge in [0.2, 0.25) is 5.91 Å². The first-order valence-electron chi connectivity index (χ1n) is 7.32. The smallest absolute Gasteiger partial charge is 0.339 e. The van der Waals surface area contributed by atoms with Crippen LogP contribution in [0.25, 0.3) is 0 Å². The zero-order chi connectivity index (χ0) is 18.1. The largest absolute Gasteiger partial charge is 0.507 e. The summed E-state index contributed by atoms with van der Waals surface area (Å²) in [7, 11) is 0. The molecule has 1 fully saturated rings. The van der Waals surface area contributed by atoms with Crippen molar-refractivity contribution >= 4 is 45.1 Å². The predicted octanol–water partition coefficient (Wildman–Crippen LogP) is 2.60. The van der Waals surface area contributed by atoms with Gasteiger partial charge in [-0.25, -0.2) is 9.69 Å². The van der Waals surface area contributed by atoms with Crippen molar-refractivity contribution in [3.8, 4) is 5.75 Å². The van der Waals surface area contributed by atoms with Crippen LogP contribution in [0.5, 0.6) is 5.75 Å². The molecule has 1 unspecified atom stereocenters. The average Bonchev–Trinajstić information content (AvgIpc) is 2.84. The molecule has 0 bridgehead atoms. The molecule has 25 heavy (non-hydrogen) atoms. The summed E-state index contributed by atoms with van der Waals surface area (Å²) in [6.45, 7) is 0. The van der Waals surface area contributed by atoms with Gasteiger partial charge in [-0.15, -0.1) is 0 Å². The predicted molar refractivity (Wildman–Crippen MR) is 93.7 cm³/mol.